The summed E-state index contributed by atoms with van der Waals surface area (Å²) < 4.78 is 0. The van der Waals surface area contributed by atoms with Crippen molar-refractivity contribution in [2.75, 3.05) is 6.54 Å². The predicted octanol–water partition coefficient (Wildman–Crippen LogP) is 1.56. The van der Waals surface area contributed by atoms with Crippen molar-refractivity contribution in [3.63, 3.8) is 0 Å². The maximum Gasteiger partial charge on any atom is 0.243 e. The summed E-state index contributed by atoms with van der Waals surface area (Å²) in [7, 11) is 0. The molecule has 2 aromatic heterocycles. The van der Waals surface area contributed by atoms with E-state index in [9.17, 15) is 9.90 Å². The number of carbonyl (C=O) groups is 1. The van der Waals surface area contributed by atoms with E-state index in [-0.39, 0.29) is 19.0 Å². The van der Waals surface area contributed by atoms with Gasteiger partial charge in [-0.25, -0.2) is 0 Å². The minimum absolute atomic E-state index is 0.0464. The highest BCUT2D eigenvalue weighted by Gasteiger charge is 2.12. The third-order valence-electron chi connectivity index (χ3n) is 3.47. The Morgan fingerprint density at radius 2 is 2.12 bits per heavy atom. The molecule has 0 saturated carbocycles. The smallest absolute Gasteiger partial charge is 0.243 e. The number of nitrogens with zero attached hydrogens (tertiary/aromatic N) is 4. The van der Waals surface area contributed by atoms with Crippen LogP contribution >= 0.6 is 11.3 Å². The van der Waals surface area contributed by atoms with E-state index in [0.717, 1.165) is 16.7 Å². The number of tetrazole rings is 1. The van der Waals surface area contributed by atoms with Crippen molar-refractivity contribution in [1.82, 2.24) is 25.5 Å². The lowest BCUT2D eigenvalue weighted by atomic mass is 10.1. The molecule has 2 heterocycles. The van der Waals surface area contributed by atoms with E-state index in [1.165, 1.54) is 16.1 Å². The van der Waals surface area contributed by atoms with Gasteiger partial charge in [-0.2, -0.15) is 16.1 Å². The molecule has 7 nitrogen and oxygen atoms in total. The van der Waals surface area contributed by atoms with Crippen molar-refractivity contribution in [1.29, 1.82) is 0 Å². The summed E-state index contributed by atoms with van der Waals surface area (Å²) in [5.74, 6) is 0.193. The van der Waals surface area contributed by atoms with Gasteiger partial charge in [-0.15, -0.1) is 10.2 Å². The van der Waals surface area contributed by atoms with E-state index in [4.69, 9.17) is 0 Å². The summed E-state index contributed by atoms with van der Waals surface area (Å²) in [6, 6.07) is 9.58. The van der Waals surface area contributed by atoms with Gasteiger partial charge >= 0.3 is 0 Å². The predicted molar refractivity (Wildman–Crippen MR) is 90.3 cm³/mol. The third kappa shape index (κ3) is 4.03. The normalized spacial score (nSPS) is 12.1. The molecule has 0 aliphatic carbocycles. The molecule has 3 rings (SSSR count). The molecule has 0 spiro atoms. The van der Waals surface area contributed by atoms with E-state index in [1.54, 1.807) is 0 Å². The maximum absolute atomic E-state index is 11.9. The molecule has 8 heteroatoms. The van der Waals surface area contributed by atoms with E-state index in [2.05, 4.69) is 20.7 Å². The number of amides is 1. The summed E-state index contributed by atoms with van der Waals surface area (Å²) in [5, 5.41) is 28.4. The summed E-state index contributed by atoms with van der Waals surface area (Å²) in [4.78, 5) is 13.2. The Morgan fingerprint density at radius 1 is 1.33 bits per heavy atom. The number of aryl methyl sites for hydroxylation is 1. The average molecular weight is 343 g/mol. The molecule has 124 valence electrons. The fourth-order valence-electron chi connectivity index (χ4n) is 2.11. The number of hydrogen-bond donors (Lipinski definition) is 2. The first-order valence-electron chi connectivity index (χ1n) is 7.43. The molecule has 0 bridgehead atoms. The first-order chi connectivity index (χ1) is 11.6. The van der Waals surface area contributed by atoms with Crippen molar-refractivity contribution in [2.24, 2.45) is 0 Å². The number of benzene rings is 1. The summed E-state index contributed by atoms with van der Waals surface area (Å²) >= 11 is 1.50. The minimum Gasteiger partial charge on any atom is -0.387 e. The fraction of sp³-hybridized carbons (Fsp3) is 0.250. The number of thiophene rings is 1. The quantitative estimate of drug-likeness (QED) is 0.708. The lowest BCUT2D eigenvalue weighted by Gasteiger charge is -2.10. The van der Waals surface area contributed by atoms with E-state index in [0.29, 0.717) is 5.82 Å². The molecule has 1 amide bonds. The number of aliphatic hydroxyl groups is 1. The van der Waals surface area contributed by atoms with E-state index >= 15 is 0 Å². The first-order valence-corrected chi connectivity index (χ1v) is 8.38. The number of nitrogens with one attached hydrogen (secondary N) is 1. The monoisotopic (exact) mass is 343 g/mol. The molecule has 0 aliphatic heterocycles. The standard InChI is InChI=1S/C16H17N5O2S/c1-11-2-4-12(5-3-11)16-18-20-21(19-16)9-15(23)17-8-14(22)13-6-7-24-10-13/h2-7,10,14,22H,8-9H2,1H3,(H,17,23). The van der Waals surface area contributed by atoms with Gasteiger partial charge in [-0.05, 0) is 34.5 Å². The zero-order valence-corrected chi connectivity index (χ0v) is 13.9. The van der Waals surface area contributed by atoms with Crippen LogP contribution in [-0.4, -0.2) is 37.8 Å². The lowest BCUT2D eigenvalue weighted by Crippen LogP contribution is -2.32. The Balaban J connectivity index is 1.54. The second kappa shape index (κ2) is 7.33. The molecule has 1 aromatic carbocycles. The highest BCUT2D eigenvalue weighted by Crippen LogP contribution is 2.15. The molecular formula is C16H17N5O2S. The first kappa shape index (κ1) is 16.3. The molecule has 1 unspecified atom stereocenters. The van der Waals surface area contributed by atoms with E-state index < -0.39 is 6.10 Å². The number of aromatic nitrogens is 4. The van der Waals surface area contributed by atoms with Gasteiger partial charge in [0.15, 0.2) is 0 Å². The molecule has 0 radical (unpaired) electrons. The van der Waals surface area contributed by atoms with Crippen LogP contribution in [0.4, 0.5) is 0 Å². The van der Waals surface area contributed by atoms with Gasteiger partial charge in [-0.3, -0.25) is 4.79 Å². The Labute approximate surface area is 142 Å². The molecule has 0 fully saturated rings. The molecular weight excluding hydrogens is 326 g/mol. The van der Waals surface area contributed by atoms with Crippen molar-refractivity contribution < 1.29 is 9.90 Å². The van der Waals surface area contributed by atoms with Crippen LogP contribution < -0.4 is 5.32 Å². The van der Waals surface area contributed by atoms with Crippen LogP contribution in [0.3, 0.4) is 0 Å². The van der Waals surface area contributed by atoms with Gasteiger partial charge in [0.05, 0.1) is 6.10 Å². The highest BCUT2D eigenvalue weighted by atomic mass is 32.1. The van der Waals surface area contributed by atoms with Gasteiger partial charge < -0.3 is 10.4 Å². The van der Waals surface area contributed by atoms with Crippen molar-refractivity contribution in [2.45, 2.75) is 19.6 Å². The molecule has 24 heavy (non-hydrogen) atoms. The van der Waals surface area contributed by atoms with Gasteiger partial charge in [0, 0.05) is 12.1 Å². The molecule has 1 atom stereocenters. The summed E-state index contributed by atoms with van der Waals surface area (Å²) in [5.41, 5.74) is 2.79. The fourth-order valence-corrected chi connectivity index (χ4v) is 2.81. The highest BCUT2D eigenvalue weighted by molar-refractivity contribution is 7.07. The number of hydrogen-bond acceptors (Lipinski definition) is 6. The topological polar surface area (TPSA) is 92.9 Å². The van der Waals surface area contributed by atoms with Crippen molar-refractivity contribution >= 4 is 17.2 Å². The Morgan fingerprint density at radius 3 is 2.83 bits per heavy atom. The second-order valence-corrected chi connectivity index (χ2v) is 6.17. The van der Waals surface area contributed by atoms with Gasteiger partial charge in [-0.1, -0.05) is 29.8 Å². The molecule has 3 aromatic rings. The zero-order chi connectivity index (χ0) is 16.9. The minimum atomic E-state index is -0.716. The molecule has 0 aliphatic rings. The largest absolute Gasteiger partial charge is 0.387 e. The zero-order valence-electron chi connectivity index (χ0n) is 13.1. The Kier molecular flexibility index (Phi) is 4.97. The molecule has 0 saturated heterocycles. The average Bonchev–Trinajstić information content (AvgIpc) is 3.25. The van der Waals surface area contributed by atoms with Crippen LogP contribution in [0.2, 0.25) is 0 Å². The SMILES string of the molecule is Cc1ccc(-c2nnn(CC(=O)NCC(O)c3ccsc3)n2)cc1. The summed E-state index contributed by atoms with van der Waals surface area (Å²) in [6.07, 6.45) is -0.716. The van der Waals surface area contributed by atoms with E-state index in [1.807, 2.05) is 48.0 Å². The van der Waals surface area contributed by atoms with Crippen LogP contribution in [0.1, 0.15) is 17.2 Å². The maximum atomic E-state index is 11.9. The van der Waals surface area contributed by atoms with Crippen LogP contribution in [0.5, 0.6) is 0 Å². The van der Waals surface area contributed by atoms with Crippen LogP contribution in [0.15, 0.2) is 41.1 Å². The van der Waals surface area contributed by atoms with Crippen LogP contribution in [-0.2, 0) is 11.3 Å². The Bertz CT molecular complexity index is 798. The van der Waals surface area contributed by atoms with Gasteiger partial charge in [0.1, 0.15) is 6.54 Å². The number of rotatable bonds is 6. The lowest BCUT2D eigenvalue weighted by molar-refractivity contribution is -0.122. The Hall–Kier alpha value is -2.58. The number of carbonyl (C=O) groups excluding carboxylic acids is 1. The van der Waals surface area contributed by atoms with Crippen LogP contribution in [0.25, 0.3) is 11.4 Å². The van der Waals surface area contributed by atoms with Gasteiger partial charge in [0.2, 0.25) is 11.7 Å². The summed E-state index contributed by atoms with van der Waals surface area (Å²) in [6.45, 7) is 2.10. The second-order valence-electron chi connectivity index (χ2n) is 5.39. The molecule has 2 N–H and O–H groups in total. The third-order valence-corrected chi connectivity index (χ3v) is 4.17. The number of aliphatic hydroxyl groups excluding tert-OH is 1. The van der Waals surface area contributed by atoms with Crippen molar-refractivity contribution in [3.05, 3.63) is 52.2 Å². The van der Waals surface area contributed by atoms with Gasteiger partial charge in [0.25, 0.3) is 0 Å². The van der Waals surface area contributed by atoms with Crippen LogP contribution in [0, 0.1) is 6.92 Å². The van der Waals surface area contributed by atoms with Crippen molar-refractivity contribution in [3.8, 4) is 11.4 Å².